The first-order valence-electron chi connectivity index (χ1n) is 5.47. The molecule has 0 aromatic heterocycles. The van der Waals surface area contributed by atoms with Crippen molar-refractivity contribution in [3.63, 3.8) is 0 Å². The highest BCUT2D eigenvalue weighted by Crippen LogP contribution is 2.17. The third-order valence-electron chi connectivity index (χ3n) is 3.48. The van der Waals surface area contributed by atoms with E-state index >= 15 is 0 Å². The molecule has 1 aliphatic rings. The normalized spacial score (nSPS) is 13.5. The van der Waals surface area contributed by atoms with Crippen molar-refractivity contribution in [2.24, 2.45) is 0 Å². The van der Waals surface area contributed by atoms with Crippen LogP contribution in [0.5, 0.6) is 0 Å². The second-order valence-corrected chi connectivity index (χ2v) is 4.27. The first kappa shape index (κ1) is 8.72. The van der Waals surface area contributed by atoms with Crippen LogP contribution >= 0.6 is 0 Å². The van der Waals surface area contributed by atoms with Crippen molar-refractivity contribution >= 4 is 22.9 Å². The average Bonchev–Trinajstić information content (AvgIpc) is 2.75. The van der Waals surface area contributed by atoms with Crippen LogP contribution in [0.15, 0.2) is 24.3 Å². The Kier molecular flexibility index (Phi) is 1.72. The summed E-state index contributed by atoms with van der Waals surface area (Å²) in [5.74, 6) is 0. The molecule has 0 N–H and O–H groups in total. The molecule has 0 amide bonds. The van der Waals surface area contributed by atoms with E-state index in [1.54, 1.807) is 0 Å². The zero-order valence-corrected chi connectivity index (χ0v) is 9.17. The summed E-state index contributed by atoms with van der Waals surface area (Å²) >= 11 is 0. The number of aryl methyl sites for hydroxylation is 2. The van der Waals surface area contributed by atoms with E-state index in [9.17, 15) is 0 Å². The lowest BCUT2D eigenvalue weighted by Crippen LogP contribution is -2.27. The summed E-state index contributed by atoms with van der Waals surface area (Å²) < 4.78 is 0. The molecule has 0 saturated carbocycles. The van der Waals surface area contributed by atoms with Gasteiger partial charge in [0.2, 0.25) is 0 Å². The quantitative estimate of drug-likeness (QED) is 0.604. The third kappa shape index (κ3) is 1.08. The first-order valence-corrected chi connectivity index (χ1v) is 5.47. The molecule has 1 aliphatic carbocycles. The van der Waals surface area contributed by atoms with Gasteiger partial charge in [-0.25, -0.2) is 0 Å². The van der Waals surface area contributed by atoms with Gasteiger partial charge in [-0.15, -0.1) is 0 Å². The predicted molar refractivity (Wildman–Crippen MR) is 66.2 cm³/mol. The van der Waals surface area contributed by atoms with Crippen LogP contribution in [0.25, 0.3) is 22.9 Å². The first-order chi connectivity index (χ1) is 7.29. The number of benzene rings is 2. The summed E-state index contributed by atoms with van der Waals surface area (Å²) in [4.78, 5) is 0. The van der Waals surface area contributed by atoms with Crippen LogP contribution in [0.1, 0.15) is 17.5 Å². The molecule has 0 heterocycles. The smallest absolute Gasteiger partial charge is 0.0146 e. The molecule has 15 heavy (non-hydrogen) atoms. The molecule has 0 aliphatic heterocycles. The molecule has 0 unspecified atom stereocenters. The molecule has 74 valence electrons. The summed E-state index contributed by atoms with van der Waals surface area (Å²) in [6, 6.07) is 8.70. The van der Waals surface area contributed by atoms with Crippen molar-refractivity contribution in [2.45, 2.75) is 20.3 Å². The number of hydrogen-bond donors (Lipinski definition) is 0. The maximum absolute atomic E-state index is 2.34. The van der Waals surface area contributed by atoms with Gasteiger partial charge in [0, 0.05) is 0 Å². The fraction of sp³-hybridized carbons (Fsp3) is 0.200. The van der Waals surface area contributed by atoms with Crippen molar-refractivity contribution < 1.29 is 0 Å². The standard InChI is InChI=1S/C15H14/c1-10-12-6-3-4-7-13(12)11(2)15-9-5-8-14(10)15/h3-4,6-9H,5H2,1-2H3. The second-order valence-electron chi connectivity index (χ2n) is 4.27. The van der Waals surface area contributed by atoms with E-state index in [1.165, 1.54) is 32.3 Å². The van der Waals surface area contributed by atoms with E-state index in [4.69, 9.17) is 0 Å². The lowest BCUT2D eigenvalue weighted by atomic mass is 9.98. The molecular weight excluding hydrogens is 180 g/mol. The Hall–Kier alpha value is -1.56. The van der Waals surface area contributed by atoms with Crippen molar-refractivity contribution in [3.05, 3.63) is 45.8 Å². The monoisotopic (exact) mass is 194 g/mol. The van der Waals surface area contributed by atoms with Gasteiger partial charge in [-0.1, -0.05) is 36.4 Å². The molecule has 2 aromatic carbocycles. The van der Waals surface area contributed by atoms with Crippen LogP contribution in [-0.2, 0) is 0 Å². The van der Waals surface area contributed by atoms with Gasteiger partial charge in [0.05, 0.1) is 0 Å². The predicted octanol–water partition coefficient (Wildman–Crippen LogP) is 2.42. The average molecular weight is 194 g/mol. The van der Waals surface area contributed by atoms with Crippen molar-refractivity contribution in [3.8, 4) is 0 Å². The van der Waals surface area contributed by atoms with Gasteiger partial charge in [-0.2, -0.15) is 0 Å². The topological polar surface area (TPSA) is 0 Å². The Morgan fingerprint density at radius 2 is 1.27 bits per heavy atom. The van der Waals surface area contributed by atoms with Crippen LogP contribution in [0.4, 0.5) is 0 Å². The van der Waals surface area contributed by atoms with Gasteiger partial charge in [0.25, 0.3) is 0 Å². The Bertz CT molecular complexity index is 602. The molecule has 0 saturated heterocycles. The van der Waals surface area contributed by atoms with Crippen molar-refractivity contribution in [2.75, 3.05) is 0 Å². The van der Waals surface area contributed by atoms with Crippen molar-refractivity contribution in [1.82, 2.24) is 0 Å². The maximum atomic E-state index is 2.34. The van der Waals surface area contributed by atoms with E-state index in [2.05, 4.69) is 50.3 Å². The van der Waals surface area contributed by atoms with E-state index in [0.29, 0.717) is 0 Å². The summed E-state index contributed by atoms with van der Waals surface area (Å²) in [7, 11) is 0. The lowest BCUT2D eigenvalue weighted by molar-refractivity contribution is 1.36. The van der Waals surface area contributed by atoms with Crippen LogP contribution in [-0.4, -0.2) is 0 Å². The molecule has 0 spiro atoms. The Balaban J connectivity index is 2.71. The molecule has 0 atom stereocenters. The molecule has 0 radical (unpaired) electrons. The summed E-state index contributed by atoms with van der Waals surface area (Å²) in [6.07, 6.45) is 5.77. The van der Waals surface area contributed by atoms with E-state index in [1.807, 2.05) is 0 Å². The number of hydrogen-bond acceptors (Lipinski definition) is 0. The minimum atomic E-state index is 1.09. The zero-order chi connectivity index (χ0) is 10.4. The van der Waals surface area contributed by atoms with Crippen LogP contribution in [0, 0.1) is 13.8 Å². The molecule has 0 fully saturated rings. The maximum Gasteiger partial charge on any atom is -0.0146 e. The highest BCUT2D eigenvalue weighted by molar-refractivity contribution is 5.89. The fourth-order valence-electron chi connectivity index (χ4n) is 2.65. The fourth-order valence-corrected chi connectivity index (χ4v) is 2.65. The van der Waals surface area contributed by atoms with Gasteiger partial charge in [0.15, 0.2) is 0 Å². The SMILES string of the molecule is Cc1c2c(c(C)c3ccccc13)=CCC=2. The second kappa shape index (κ2) is 2.96. The largest absolute Gasteiger partial charge is 0.0726 e. The van der Waals surface area contributed by atoms with E-state index in [-0.39, 0.29) is 0 Å². The minimum absolute atomic E-state index is 1.09. The van der Waals surface area contributed by atoms with Gasteiger partial charge in [-0.05, 0) is 52.6 Å². The van der Waals surface area contributed by atoms with Gasteiger partial charge in [0.1, 0.15) is 0 Å². The van der Waals surface area contributed by atoms with Crippen LogP contribution in [0.2, 0.25) is 0 Å². The summed E-state index contributed by atoms with van der Waals surface area (Å²) in [5.41, 5.74) is 2.86. The van der Waals surface area contributed by atoms with Crippen molar-refractivity contribution in [1.29, 1.82) is 0 Å². The zero-order valence-electron chi connectivity index (χ0n) is 9.17. The summed E-state index contributed by atoms with van der Waals surface area (Å²) in [5, 5.41) is 5.71. The highest BCUT2D eigenvalue weighted by atomic mass is 14.1. The van der Waals surface area contributed by atoms with Crippen LogP contribution in [0.3, 0.4) is 0 Å². The van der Waals surface area contributed by atoms with Gasteiger partial charge < -0.3 is 0 Å². The lowest BCUT2D eigenvalue weighted by Gasteiger charge is -2.07. The molecular formula is C15H14. The van der Waals surface area contributed by atoms with Gasteiger partial charge in [-0.3, -0.25) is 0 Å². The Morgan fingerprint density at radius 1 is 0.800 bits per heavy atom. The molecule has 0 heteroatoms. The Labute approximate surface area is 89.6 Å². The van der Waals surface area contributed by atoms with Gasteiger partial charge >= 0.3 is 0 Å². The summed E-state index contributed by atoms with van der Waals surface area (Å²) in [6.45, 7) is 4.46. The Morgan fingerprint density at radius 3 is 1.73 bits per heavy atom. The number of fused-ring (bicyclic) bond motifs is 2. The molecule has 0 bridgehead atoms. The minimum Gasteiger partial charge on any atom is -0.0726 e. The number of rotatable bonds is 0. The van der Waals surface area contributed by atoms with E-state index in [0.717, 1.165) is 6.42 Å². The third-order valence-corrected chi connectivity index (χ3v) is 3.48. The molecule has 0 nitrogen and oxygen atoms in total. The highest BCUT2D eigenvalue weighted by Gasteiger charge is 2.06. The van der Waals surface area contributed by atoms with Crippen LogP contribution < -0.4 is 10.4 Å². The molecule has 2 aromatic rings. The van der Waals surface area contributed by atoms with E-state index < -0.39 is 0 Å². The molecule has 3 rings (SSSR count).